The van der Waals surface area contributed by atoms with Crippen LogP contribution in [0.2, 0.25) is 0 Å². The van der Waals surface area contributed by atoms with E-state index in [0.717, 1.165) is 0 Å². The summed E-state index contributed by atoms with van der Waals surface area (Å²) >= 11 is 0. The first kappa shape index (κ1) is 13.4. The van der Waals surface area contributed by atoms with Crippen molar-refractivity contribution in [2.45, 2.75) is 0 Å². The molecule has 0 bridgehead atoms. The summed E-state index contributed by atoms with van der Waals surface area (Å²) in [6.45, 7) is 0. The van der Waals surface area contributed by atoms with Crippen molar-refractivity contribution in [2.24, 2.45) is 0 Å². The Morgan fingerprint density at radius 1 is 0.700 bits per heavy atom. The van der Waals surface area contributed by atoms with Crippen molar-refractivity contribution in [3.8, 4) is 0 Å². The molecule has 0 radical (unpaired) electrons. The van der Waals surface area contributed by atoms with Crippen molar-refractivity contribution in [1.29, 1.82) is 0 Å². The minimum absolute atomic E-state index is 0. The van der Waals surface area contributed by atoms with E-state index in [-0.39, 0.29) is 21.1 Å². The Bertz CT molecular complexity index is 76.8. The van der Waals surface area contributed by atoms with Crippen LogP contribution in [0, 0.1) is 0 Å². The average molecular weight is 264 g/mol. The van der Waals surface area contributed by atoms with E-state index in [2.05, 4.69) is 4.12 Å². The fourth-order valence-electron chi connectivity index (χ4n) is 0.153. The monoisotopic (exact) mass is 266 g/mol. The van der Waals surface area contributed by atoms with Crippen LogP contribution in [0.5, 0.6) is 0 Å². The van der Waals surface area contributed by atoms with Crippen LogP contribution in [-0.4, -0.2) is 18.1 Å². The van der Waals surface area contributed by atoms with Gasteiger partial charge in [-0.05, 0) is 0 Å². The molecular formula is MoO7Si2. The van der Waals surface area contributed by atoms with Crippen molar-refractivity contribution in [2.75, 3.05) is 0 Å². The Morgan fingerprint density at radius 2 is 0.900 bits per heavy atom. The fraction of sp³-hybridized carbons (Fsp3) is 0. The first-order valence-electron chi connectivity index (χ1n) is 1.63. The molecule has 0 saturated carbocycles. The summed E-state index contributed by atoms with van der Waals surface area (Å²) in [5.41, 5.74) is 0. The maximum atomic E-state index is 9.36. The van der Waals surface area contributed by atoms with Crippen molar-refractivity contribution in [1.82, 2.24) is 0 Å². The Hall–Kier alpha value is 0.842. The zero-order valence-electron chi connectivity index (χ0n) is 4.27. The van der Waals surface area contributed by atoms with Gasteiger partial charge in [-0.25, -0.2) is 0 Å². The number of hydrogen-bond acceptors (Lipinski definition) is 7. The molecule has 0 unspecified atom stereocenters. The molecule has 0 rings (SSSR count). The second-order valence-corrected chi connectivity index (χ2v) is 3.92. The molecule has 0 aromatic carbocycles. The van der Waals surface area contributed by atoms with E-state index < -0.39 is 18.1 Å². The van der Waals surface area contributed by atoms with Gasteiger partial charge in [0.2, 0.25) is 0 Å². The van der Waals surface area contributed by atoms with Gasteiger partial charge in [-0.3, -0.25) is 0 Å². The molecule has 0 aromatic heterocycles. The smallest absolute Gasteiger partial charge is 0.862 e. The molecule has 0 aliphatic carbocycles. The van der Waals surface area contributed by atoms with Gasteiger partial charge in [0.15, 0.2) is 0 Å². The van der Waals surface area contributed by atoms with E-state index in [4.69, 9.17) is 0 Å². The minimum atomic E-state index is -5.92. The number of rotatable bonds is 2. The van der Waals surface area contributed by atoms with E-state index in [1.807, 2.05) is 0 Å². The van der Waals surface area contributed by atoms with E-state index in [0.29, 0.717) is 0 Å². The molecule has 0 aromatic rings. The molecule has 56 valence electrons. The molecule has 0 amide bonds. The molecule has 0 spiro atoms. The molecule has 0 fully saturated rings. The van der Waals surface area contributed by atoms with Crippen molar-refractivity contribution >= 4 is 18.1 Å². The molecule has 10 heteroatoms. The molecule has 10 heavy (non-hydrogen) atoms. The van der Waals surface area contributed by atoms with Gasteiger partial charge in [0, 0.05) is 0 Å². The summed E-state index contributed by atoms with van der Waals surface area (Å²) in [6, 6.07) is 0. The molecule has 0 atom stereocenters. The van der Waals surface area contributed by atoms with Crippen molar-refractivity contribution in [3.05, 3.63) is 0 Å². The third-order valence-electron chi connectivity index (χ3n) is 0.250. The van der Waals surface area contributed by atoms with Crippen LogP contribution in [0.4, 0.5) is 0 Å². The van der Waals surface area contributed by atoms with Gasteiger partial charge in [0.1, 0.15) is 0 Å². The third kappa shape index (κ3) is 11.6. The van der Waals surface area contributed by atoms with Crippen LogP contribution in [-0.2, 0) is 25.2 Å². The van der Waals surface area contributed by atoms with Gasteiger partial charge in [0.25, 0.3) is 0 Å². The second-order valence-electron chi connectivity index (χ2n) is 1.10. The van der Waals surface area contributed by atoms with Crippen LogP contribution in [0.25, 0.3) is 0 Å². The largest absolute Gasteiger partial charge is 6.00 e. The SMILES string of the molecule is [Mo+6].[O-][Si]([O-])([O-])O[Si]([O-])([O-])[O-]. The van der Waals surface area contributed by atoms with Gasteiger partial charge in [-0.2, -0.15) is 0 Å². The Morgan fingerprint density at radius 3 is 0.900 bits per heavy atom. The summed E-state index contributed by atoms with van der Waals surface area (Å²) in [4.78, 5) is 56.2. The third-order valence-corrected chi connectivity index (χ3v) is 2.25. The van der Waals surface area contributed by atoms with Crippen molar-refractivity contribution in [3.63, 3.8) is 0 Å². The molecule has 0 heterocycles. The molecule has 0 N–H and O–H groups in total. The molecule has 7 nitrogen and oxygen atoms in total. The topological polar surface area (TPSA) is 148 Å². The first-order valence-corrected chi connectivity index (χ1v) is 4.90. The molecular weight excluding hydrogens is 264 g/mol. The zero-order valence-corrected chi connectivity index (χ0v) is 8.27. The first-order chi connectivity index (χ1) is 3.71. The van der Waals surface area contributed by atoms with Gasteiger partial charge >= 0.3 is 21.1 Å². The van der Waals surface area contributed by atoms with E-state index in [1.165, 1.54) is 0 Å². The van der Waals surface area contributed by atoms with E-state index in [9.17, 15) is 28.8 Å². The summed E-state index contributed by atoms with van der Waals surface area (Å²) in [5, 5.41) is 0. The normalized spacial score (nSPS) is 12.6. The van der Waals surface area contributed by atoms with Crippen molar-refractivity contribution < 1.29 is 54.0 Å². The molecule has 0 aliphatic heterocycles. The van der Waals surface area contributed by atoms with Gasteiger partial charge < -0.3 is 32.9 Å². The summed E-state index contributed by atoms with van der Waals surface area (Å²) < 4.78 is 2.57. The molecule has 0 aliphatic rings. The van der Waals surface area contributed by atoms with Gasteiger partial charge in [-0.15, -0.1) is 18.1 Å². The van der Waals surface area contributed by atoms with Crippen LogP contribution >= 0.6 is 0 Å². The Labute approximate surface area is 72.4 Å². The average Bonchev–Trinajstić information content (AvgIpc) is 1.14. The Kier molecular flexibility index (Phi) is 5.39. The fourth-order valence-corrected chi connectivity index (χ4v) is 1.38. The zero-order chi connectivity index (χ0) is 7.71. The van der Waals surface area contributed by atoms with Crippen LogP contribution in [0.15, 0.2) is 0 Å². The maximum absolute atomic E-state index is 9.36. The van der Waals surface area contributed by atoms with Gasteiger partial charge in [0.05, 0.1) is 0 Å². The summed E-state index contributed by atoms with van der Waals surface area (Å²) in [6.07, 6.45) is 0. The van der Waals surface area contributed by atoms with Crippen LogP contribution in [0.3, 0.4) is 0 Å². The van der Waals surface area contributed by atoms with Crippen LogP contribution in [0.1, 0.15) is 0 Å². The number of hydrogen-bond donors (Lipinski definition) is 0. The Balaban J connectivity index is 0. The summed E-state index contributed by atoms with van der Waals surface area (Å²) in [7, 11) is -11.8. The summed E-state index contributed by atoms with van der Waals surface area (Å²) in [5.74, 6) is 0. The van der Waals surface area contributed by atoms with E-state index in [1.54, 1.807) is 0 Å². The van der Waals surface area contributed by atoms with Crippen LogP contribution < -0.4 is 28.8 Å². The second kappa shape index (κ2) is 4.02. The van der Waals surface area contributed by atoms with E-state index >= 15 is 0 Å². The minimum Gasteiger partial charge on any atom is -0.862 e. The molecule has 0 saturated heterocycles. The predicted molar refractivity (Wildman–Crippen MR) is 12.6 cm³/mol. The quantitative estimate of drug-likeness (QED) is 0.449. The van der Waals surface area contributed by atoms with Gasteiger partial charge in [-0.1, -0.05) is 0 Å². The predicted octanol–water partition coefficient (Wildman–Crippen LogP) is -7.97. The maximum Gasteiger partial charge on any atom is 6.00 e. The standard InChI is InChI=1S/Mo.O7Si2/c;1-8(2,3)7-9(4,5)6/q+6;-6.